The fraction of sp³-hybridized carbons (Fsp3) is 0.545. The number of pyridine rings is 1. The third-order valence-electron chi connectivity index (χ3n) is 2.31. The van der Waals surface area contributed by atoms with Crippen LogP contribution < -0.4 is 5.43 Å². The SMILES string of the molecule is CSC(C)c1cc(=O)ccn1C(C)C. The van der Waals surface area contributed by atoms with Gasteiger partial charge in [0, 0.05) is 35.3 Å². The third-order valence-corrected chi connectivity index (χ3v) is 3.26. The maximum atomic E-state index is 11.3. The monoisotopic (exact) mass is 211 g/mol. The van der Waals surface area contributed by atoms with Crippen LogP contribution in [0.2, 0.25) is 0 Å². The van der Waals surface area contributed by atoms with E-state index in [1.54, 1.807) is 23.9 Å². The molecule has 0 radical (unpaired) electrons. The second-order valence-corrected chi connectivity index (χ2v) is 4.84. The van der Waals surface area contributed by atoms with Gasteiger partial charge in [-0.25, -0.2) is 0 Å². The smallest absolute Gasteiger partial charge is 0.181 e. The number of nitrogens with zero attached hydrogens (tertiary/aromatic N) is 1. The fourth-order valence-electron chi connectivity index (χ4n) is 1.43. The van der Waals surface area contributed by atoms with Gasteiger partial charge in [0.05, 0.1) is 0 Å². The molecule has 0 fully saturated rings. The maximum absolute atomic E-state index is 11.3. The van der Waals surface area contributed by atoms with Crippen molar-refractivity contribution in [3.05, 3.63) is 34.2 Å². The molecule has 1 unspecified atom stereocenters. The molecule has 0 N–H and O–H groups in total. The molecule has 1 aromatic rings. The molecule has 0 saturated carbocycles. The van der Waals surface area contributed by atoms with Crippen LogP contribution in [0.5, 0.6) is 0 Å². The first kappa shape index (κ1) is 11.4. The highest BCUT2D eigenvalue weighted by Crippen LogP contribution is 2.26. The van der Waals surface area contributed by atoms with Crippen LogP contribution in [0, 0.1) is 0 Å². The van der Waals surface area contributed by atoms with Gasteiger partial charge < -0.3 is 4.57 Å². The van der Waals surface area contributed by atoms with Gasteiger partial charge in [-0.15, -0.1) is 0 Å². The summed E-state index contributed by atoms with van der Waals surface area (Å²) in [5.74, 6) is 0. The highest BCUT2D eigenvalue weighted by molar-refractivity contribution is 7.98. The third kappa shape index (κ3) is 2.41. The fourth-order valence-corrected chi connectivity index (χ4v) is 1.86. The first-order valence-corrected chi connectivity index (χ1v) is 6.10. The molecule has 0 aliphatic rings. The van der Waals surface area contributed by atoms with Crippen molar-refractivity contribution in [1.29, 1.82) is 0 Å². The maximum Gasteiger partial charge on any atom is 0.181 e. The minimum atomic E-state index is 0.0952. The lowest BCUT2D eigenvalue weighted by Crippen LogP contribution is -2.14. The van der Waals surface area contributed by atoms with Gasteiger partial charge in [0.25, 0.3) is 0 Å². The summed E-state index contributed by atoms with van der Waals surface area (Å²) in [4.78, 5) is 11.3. The van der Waals surface area contributed by atoms with Crippen molar-refractivity contribution in [3.63, 3.8) is 0 Å². The van der Waals surface area contributed by atoms with Gasteiger partial charge in [0.15, 0.2) is 5.43 Å². The van der Waals surface area contributed by atoms with Crippen molar-refractivity contribution in [1.82, 2.24) is 4.57 Å². The zero-order valence-electron chi connectivity index (χ0n) is 9.15. The van der Waals surface area contributed by atoms with Crippen LogP contribution in [-0.4, -0.2) is 10.8 Å². The highest BCUT2D eigenvalue weighted by Gasteiger charge is 2.10. The quantitative estimate of drug-likeness (QED) is 0.767. The largest absolute Gasteiger partial charge is 0.348 e. The lowest BCUT2D eigenvalue weighted by atomic mass is 10.2. The van der Waals surface area contributed by atoms with Crippen LogP contribution in [0.25, 0.3) is 0 Å². The van der Waals surface area contributed by atoms with Crippen molar-refractivity contribution in [2.75, 3.05) is 6.26 Å². The van der Waals surface area contributed by atoms with E-state index in [2.05, 4.69) is 31.6 Å². The second-order valence-electron chi connectivity index (χ2n) is 3.67. The first-order chi connectivity index (χ1) is 6.56. The molecule has 0 saturated heterocycles. The first-order valence-electron chi connectivity index (χ1n) is 4.81. The predicted molar refractivity (Wildman–Crippen MR) is 63.0 cm³/mol. The summed E-state index contributed by atoms with van der Waals surface area (Å²) in [5, 5.41) is 0.367. The molecule has 0 aliphatic carbocycles. The summed E-state index contributed by atoms with van der Waals surface area (Å²) in [5.41, 5.74) is 1.21. The van der Waals surface area contributed by atoms with Gasteiger partial charge in [-0.3, -0.25) is 4.79 Å². The molecule has 3 heteroatoms. The number of thioether (sulfide) groups is 1. The summed E-state index contributed by atoms with van der Waals surface area (Å²) in [6.07, 6.45) is 3.95. The summed E-state index contributed by atoms with van der Waals surface area (Å²) < 4.78 is 2.16. The van der Waals surface area contributed by atoms with Crippen molar-refractivity contribution < 1.29 is 0 Å². The lowest BCUT2D eigenvalue weighted by Gasteiger charge is -2.20. The average Bonchev–Trinajstić information content (AvgIpc) is 2.16. The van der Waals surface area contributed by atoms with Crippen molar-refractivity contribution in [3.8, 4) is 0 Å². The Kier molecular flexibility index (Phi) is 3.81. The van der Waals surface area contributed by atoms with Gasteiger partial charge in [-0.2, -0.15) is 11.8 Å². The molecular weight excluding hydrogens is 194 g/mol. The lowest BCUT2D eigenvalue weighted by molar-refractivity contribution is 0.567. The van der Waals surface area contributed by atoms with Crippen LogP contribution in [-0.2, 0) is 0 Å². The molecular formula is C11H17NOS. The minimum Gasteiger partial charge on any atom is -0.348 e. The number of hydrogen-bond acceptors (Lipinski definition) is 2. The Morgan fingerprint density at radius 3 is 2.50 bits per heavy atom. The Labute approximate surface area is 89.3 Å². The van der Waals surface area contributed by atoms with Gasteiger partial charge in [-0.05, 0) is 27.0 Å². The van der Waals surface area contributed by atoms with E-state index in [0.717, 1.165) is 5.69 Å². The van der Waals surface area contributed by atoms with Crippen LogP contribution in [0.1, 0.15) is 37.8 Å². The molecule has 2 nitrogen and oxygen atoms in total. The van der Waals surface area contributed by atoms with E-state index in [1.807, 2.05) is 6.20 Å². The topological polar surface area (TPSA) is 22.0 Å². The van der Waals surface area contributed by atoms with Crippen molar-refractivity contribution >= 4 is 11.8 Å². The van der Waals surface area contributed by atoms with E-state index in [4.69, 9.17) is 0 Å². The second kappa shape index (κ2) is 4.69. The highest BCUT2D eigenvalue weighted by atomic mass is 32.2. The van der Waals surface area contributed by atoms with E-state index in [1.165, 1.54) is 0 Å². The molecule has 1 atom stereocenters. The molecule has 0 aromatic carbocycles. The van der Waals surface area contributed by atoms with Gasteiger partial charge in [-0.1, -0.05) is 0 Å². The zero-order chi connectivity index (χ0) is 10.7. The average molecular weight is 211 g/mol. The molecule has 78 valence electrons. The summed E-state index contributed by atoms with van der Waals surface area (Å²) >= 11 is 1.76. The molecule has 14 heavy (non-hydrogen) atoms. The van der Waals surface area contributed by atoms with Crippen LogP contribution in [0.3, 0.4) is 0 Å². The van der Waals surface area contributed by atoms with E-state index >= 15 is 0 Å². The van der Waals surface area contributed by atoms with Crippen LogP contribution in [0.4, 0.5) is 0 Å². The molecule has 1 heterocycles. The molecule has 0 spiro atoms. The normalized spacial score (nSPS) is 13.2. The zero-order valence-corrected chi connectivity index (χ0v) is 9.97. The van der Waals surface area contributed by atoms with Crippen molar-refractivity contribution in [2.45, 2.75) is 32.1 Å². The molecule has 1 aromatic heterocycles. The van der Waals surface area contributed by atoms with Gasteiger partial charge >= 0.3 is 0 Å². The summed E-state index contributed by atoms with van der Waals surface area (Å²) in [6, 6.07) is 3.76. The Morgan fingerprint density at radius 2 is 2.00 bits per heavy atom. The van der Waals surface area contributed by atoms with E-state index in [0.29, 0.717) is 11.3 Å². The van der Waals surface area contributed by atoms with E-state index in [-0.39, 0.29) is 5.43 Å². The summed E-state index contributed by atoms with van der Waals surface area (Å²) in [6.45, 7) is 6.38. The minimum absolute atomic E-state index is 0.0952. The van der Waals surface area contributed by atoms with Gasteiger partial charge in [0.2, 0.25) is 0 Å². The van der Waals surface area contributed by atoms with E-state index < -0.39 is 0 Å². The Hall–Kier alpha value is -0.700. The standard InChI is InChI=1S/C11H17NOS/c1-8(2)12-6-5-10(13)7-11(12)9(3)14-4/h5-9H,1-4H3. The number of hydrogen-bond donors (Lipinski definition) is 0. The van der Waals surface area contributed by atoms with Gasteiger partial charge in [0.1, 0.15) is 0 Å². The van der Waals surface area contributed by atoms with Crippen LogP contribution >= 0.6 is 11.8 Å². The molecule has 0 bridgehead atoms. The Bertz CT molecular complexity index is 357. The number of rotatable bonds is 3. The Morgan fingerprint density at radius 1 is 1.36 bits per heavy atom. The number of aromatic nitrogens is 1. The molecule has 1 rings (SSSR count). The van der Waals surface area contributed by atoms with Crippen molar-refractivity contribution in [2.24, 2.45) is 0 Å². The Balaban J connectivity index is 3.22. The summed E-state index contributed by atoms with van der Waals surface area (Å²) in [7, 11) is 0. The predicted octanol–water partition coefficient (Wildman–Crippen LogP) is 2.85. The van der Waals surface area contributed by atoms with E-state index in [9.17, 15) is 4.79 Å². The van der Waals surface area contributed by atoms with Crippen LogP contribution in [0.15, 0.2) is 23.1 Å². The molecule has 0 amide bonds. The molecule has 0 aliphatic heterocycles.